The van der Waals surface area contributed by atoms with Crippen LogP contribution >= 0.6 is 15.9 Å². The van der Waals surface area contributed by atoms with E-state index in [0.29, 0.717) is 29.3 Å². The van der Waals surface area contributed by atoms with Crippen molar-refractivity contribution in [3.05, 3.63) is 81.6 Å². The first-order valence-electron chi connectivity index (χ1n) is 9.83. The summed E-state index contributed by atoms with van der Waals surface area (Å²) in [6.45, 7) is 3.95. The lowest BCUT2D eigenvalue weighted by atomic mass is 10.1. The Balaban J connectivity index is 1.48. The fourth-order valence-electron chi connectivity index (χ4n) is 3.35. The van der Waals surface area contributed by atoms with Crippen LogP contribution in [-0.4, -0.2) is 35.2 Å². The molecule has 0 saturated carbocycles. The monoisotopic (exact) mass is 521 g/mol. The molecule has 12 heteroatoms. The highest BCUT2D eigenvalue weighted by Crippen LogP contribution is 2.30. The fourth-order valence-corrected chi connectivity index (χ4v) is 3.68. The molecule has 3 aromatic heterocycles. The second-order valence-electron chi connectivity index (χ2n) is 7.44. The lowest BCUT2D eigenvalue weighted by Gasteiger charge is -2.10. The van der Waals surface area contributed by atoms with Gasteiger partial charge in [0.25, 0.3) is 5.91 Å². The highest BCUT2D eigenvalue weighted by Gasteiger charge is 2.30. The van der Waals surface area contributed by atoms with E-state index in [2.05, 4.69) is 36.5 Å². The number of benzene rings is 1. The van der Waals surface area contributed by atoms with Crippen molar-refractivity contribution in [3.63, 3.8) is 0 Å². The molecule has 3 heterocycles. The summed E-state index contributed by atoms with van der Waals surface area (Å²) in [7, 11) is 0. The van der Waals surface area contributed by atoms with E-state index in [-0.39, 0.29) is 12.2 Å². The van der Waals surface area contributed by atoms with Gasteiger partial charge in [0.15, 0.2) is 5.69 Å². The molecule has 0 atom stereocenters. The molecule has 1 N–H and O–H groups in total. The lowest BCUT2D eigenvalue weighted by Crippen LogP contribution is -2.16. The van der Waals surface area contributed by atoms with Crippen LogP contribution in [0, 0.1) is 13.8 Å². The van der Waals surface area contributed by atoms with Crippen LogP contribution in [0.5, 0.6) is 0 Å². The summed E-state index contributed by atoms with van der Waals surface area (Å²) in [6, 6.07) is 6.69. The molecule has 0 bridgehead atoms. The number of nitrogens with one attached hydrogen (secondary N) is 1. The van der Waals surface area contributed by atoms with Gasteiger partial charge in [0, 0.05) is 12.4 Å². The third kappa shape index (κ3) is 5.16. The first-order valence-corrected chi connectivity index (χ1v) is 10.6. The number of carbonyl (C=O) groups is 1. The fraction of sp³-hybridized carbons (Fsp3) is 0.238. The van der Waals surface area contributed by atoms with Gasteiger partial charge in [-0.2, -0.15) is 28.5 Å². The number of alkyl halides is 3. The molecule has 0 spiro atoms. The number of hydrogen-bond donors (Lipinski definition) is 1. The number of hydrogen-bond acceptors (Lipinski definition) is 4. The number of carbonyl (C=O) groups excluding carboxylic acids is 1. The van der Waals surface area contributed by atoms with Crippen molar-refractivity contribution in [2.75, 3.05) is 5.32 Å². The lowest BCUT2D eigenvalue weighted by molar-refractivity contribution is -0.137. The zero-order valence-electron chi connectivity index (χ0n) is 17.6. The number of amides is 1. The summed E-state index contributed by atoms with van der Waals surface area (Å²) < 4.78 is 44.6. The van der Waals surface area contributed by atoms with Crippen molar-refractivity contribution in [2.45, 2.75) is 33.2 Å². The van der Waals surface area contributed by atoms with Gasteiger partial charge in [-0.15, -0.1) is 0 Å². The molecular weight excluding hydrogens is 503 g/mol. The summed E-state index contributed by atoms with van der Waals surface area (Å²) in [4.78, 5) is 12.7. The average Bonchev–Trinajstić information content (AvgIpc) is 3.45. The molecule has 0 radical (unpaired) electrons. The van der Waals surface area contributed by atoms with Crippen LogP contribution in [0.15, 0.2) is 53.4 Å². The number of halogens is 4. The van der Waals surface area contributed by atoms with Gasteiger partial charge in [0.05, 0.1) is 39.9 Å². The van der Waals surface area contributed by atoms with Crippen molar-refractivity contribution < 1.29 is 18.0 Å². The largest absolute Gasteiger partial charge is 0.416 e. The number of rotatable bonds is 6. The molecule has 4 rings (SSSR count). The predicted octanol–water partition coefficient (Wildman–Crippen LogP) is 4.48. The van der Waals surface area contributed by atoms with Gasteiger partial charge in [-0.1, -0.05) is 12.1 Å². The molecule has 172 valence electrons. The first-order chi connectivity index (χ1) is 15.6. The standard InChI is InChI=1S/C21H19BrF3N7O/c1-13-19(14(2)32(28-13)10-15-4-3-5-16(8-15)21(23,24)25)27-20(33)18-6-7-30(29-18)12-31-11-17(22)9-26-31/h3-9,11H,10,12H2,1-2H3,(H,27,33). The molecule has 33 heavy (non-hydrogen) atoms. The van der Waals surface area contributed by atoms with Crippen LogP contribution in [0.1, 0.15) is 33.0 Å². The molecule has 0 unspecified atom stereocenters. The van der Waals surface area contributed by atoms with Crippen LogP contribution < -0.4 is 5.32 Å². The Hall–Kier alpha value is -3.41. The topological polar surface area (TPSA) is 82.6 Å². The minimum atomic E-state index is -4.42. The molecule has 4 aromatic rings. The maximum Gasteiger partial charge on any atom is 0.416 e. The molecule has 0 aliphatic carbocycles. The third-order valence-corrected chi connectivity index (χ3v) is 5.38. The summed E-state index contributed by atoms with van der Waals surface area (Å²) in [6.07, 6.45) is 0.690. The Morgan fingerprint density at radius 3 is 2.64 bits per heavy atom. The van der Waals surface area contributed by atoms with Crippen molar-refractivity contribution in [1.82, 2.24) is 29.3 Å². The minimum Gasteiger partial charge on any atom is -0.317 e. The number of anilines is 1. The summed E-state index contributed by atoms with van der Waals surface area (Å²) in [5.41, 5.74) is 1.63. The SMILES string of the molecule is Cc1nn(Cc2cccc(C(F)(F)F)c2)c(C)c1NC(=O)c1ccn(Cn2cc(Br)cn2)n1. The van der Waals surface area contributed by atoms with Gasteiger partial charge in [-0.25, -0.2) is 4.68 Å². The number of nitrogens with zero attached hydrogens (tertiary/aromatic N) is 6. The highest BCUT2D eigenvalue weighted by molar-refractivity contribution is 9.10. The minimum absolute atomic E-state index is 0.139. The zero-order valence-corrected chi connectivity index (χ0v) is 19.2. The van der Waals surface area contributed by atoms with Crippen LogP contribution in [-0.2, 0) is 19.4 Å². The summed E-state index contributed by atoms with van der Waals surface area (Å²) in [5, 5.41) is 15.6. The summed E-state index contributed by atoms with van der Waals surface area (Å²) in [5.74, 6) is -0.416. The van der Waals surface area contributed by atoms with Crippen molar-refractivity contribution >= 4 is 27.5 Å². The first kappa shape index (κ1) is 22.8. The molecule has 1 amide bonds. The van der Waals surface area contributed by atoms with Crippen LogP contribution in [0.3, 0.4) is 0 Å². The Labute approximate surface area is 195 Å². The van der Waals surface area contributed by atoms with Crippen LogP contribution in [0.25, 0.3) is 0 Å². The second-order valence-corrected chi connectivity index (χ2v) is 8.35. The average molecular weight is 522 g/mol. The number of aryl methyl sites for hydroxylation is 1. The second kappa shape index (κ2) is 8.85. The smallest absolute Gasteiger partial charge is 0.317 e. The van der Waals surface area contributed by atoms with E-state index in [9.17, 15) is 18.0 Å². The van der Waals surface area contributed by atoms with Gasteiger partial charge in [-0.3, -0.25) is 14.2 Å². The Morgan fingerprint density at radius 2 is 1.94 bits per heavy atom. The normalized spacial score (nSPS) is 11.7. The highest BCUT2D eigenvalue weighted by atomic mass is 79.9. The maximum atomic E-state index is 13.0. The number of aromatic nitrogens is 6. The zero-order chi connectivity index (χ0) is 23.8. The van der Waals surface area contributed by atoms with Gasteiger partial charge in [-0.05, 0) is 53.5 Å². The van der Waals surface area contributed by atoms with E-state index < -0.39 is 17.6 Å². The van der Waals surface area contributed by atoms with E-state index in [1.165, 1.54) is 6.07 Å². The van der Waals surface area contributed by atoms with Gasteiger partial charge in [0.2, 0.25) is 0 Å². The van der Waals surface area contributed by atoms with Crippen LogP contribution in [0.2, 0.25) is 0 Å². The van der Waals surface area contributed by atoms with E-state index >= 15 is 0 Å². The van der Waals surface area contributed by atoms with Crippen molar-refractivity contribution in [3.8, 4) is 0 Å². The predicted molar refractivity (Wildman–Crippen MR) is 118 cm³/mol. The van der Waals surface area contributed by atoms with E-state index in [1.807, 2.05) is 0 Å². The Bertz CT molecular complexity index is 1310. The molecule has 1 aromatic carbocycles. The van der Waals surface area contributed by atoms with Gasteiger partial charge in [0.1, 0.15) is 6.67 Å². The molecule has 0 fully saturated rings. The Morgan fingerprint density at radius 1 is 1.15 bits per heavy atom. The van der Waals surface area contributed by atoms with Gasteiger partial charge < -0.3 is 5.32 Å². The third-order valence-electron chi connectivity index (χ3n) is 4.97. The van der Waals surface area contributed by atoms with E-state index in [0.717, 1.165) is 16.6 Å². The molecule has 0 aliphatic rings. The van der Waals surface area contributed by atoms with Crippen molar-refractivity contribution in [1.29, 1.82) is 0 Å². The quantitative estimate of drug-likeness (QED) is 0.405. The maximum absolute atomic E-state index is 13.0. The van der Waals surface area contributed by atoms with E-state index in [1.54, 1.807) is 58.6 Å². The molecule has 0 saturated heterocycles. The van der Waals surface area contributed by atoms with Crippen molar-refractivity contribution in [2.24, 2.45) is 0 Å². The Kier molecular flexibility index (Phi) is 6.11. The molecule has 8 nitrogen and oxygen atoms in total. The van der Waals surface area contributed by atoms with Crippen LogP contribution in [0.4, 0.5) is 18.9 Å². The molecule has 0 aliphatic heterocycles. The van der Waals surface area contributed by atoms with Gasteiger partial charge >= 0.3 is 6.18 Å². The van der Waals surface area contributed by atoms with E-state index in [4.69, 9.17) is 0 Å². The molecular formula is C21H19BrF3N7O. The summed E-state index contributed by atoms with van der Waals surface area (Å²) >= 11 is 3.32.